The fourth-order valence-electron chi connectivity index (χ4n) is 2.90. The Balaban J connectivity index is 0.000000339. The van der Waals surface area contributed by atoms with E-state index in [1.165, 1.54) is 0 Å². The Morgan fingerprint density at radius 1 is 1.13 bits per heavy atom. The summed E-state index contributed by atoms with van der Waals surface area (Å²) in [5, 5.41) is 7.12. The molecule has 31 heavy (non-hydrogen) atoms. The van der Waals surface area contributed by atoms with Gasteiger partial charge in [0, 0.05) is 50.0 Å². The zero-order valence-electron chi connectivity index (χ0n) is 16.2. The van der Waals surface area contributed by atoms with Gasteiger partial charge in [-0.05, 0) is 18.2 Å². The monoisotopic (exact) mass is 436 g/mol. The molecule has 12 heteroatoms. The van der Waals surface area contributed by atoms with Gasteiger partial charge in [0.05, 0.1) is 19.3 Å². The minimum absolute atomic E-state index is 0.296. The summed E-state index contributed by atoms with van der Waals surface area (Å²) in [7, 11) is 0. The van der Waals surface area contributed by atoms with Gasteiger partial charge in [-0.25, -0.2) is 19.7 Å². The zero-order valence-corrected chi connectivity index (χ0v) is 16.2. The molecular formula is C19H19F3N6O3. The maximum Gasteiger partial charge on any atom is 0.490 e. The van der Waals surface area contributed by atoms with Crippen LogP contribution in [0.15, 0.2) is 55.4 Å². The van der Waals surface area contributed by atoms with Crippen molar-refractivity contribution in [1.82, 2.24) is 24.5 Å². The highest BCUT2D eigenvalue weighted by Crippen LogP contribution is 2.20. The number of imidazole rings is 1. The van der Waals surface area contributed by atoms with Crippen molar-refractivity contribution in [3.05, 3.63) is 61.2 Å². The SMILES string of the molecule is O=C(O)C(F)(F)F.c1cnc(N2Cc3nccn3CC(COc3cccnc3)C2)nc1. The second-order valence-corrected chi connectivity index (χ2v) is 6.59. The topological polar surface area (TPSA) is 106 Å². The van der Waals surface area contributed by atoms with E-state index in [2.05, 4.69) is 29.4 Å². The lowest BCUT2D eigenvalue weighted by atomic mass is 10.1. The van der Waals surface area contributed by atoms with Gasteiger partial charge in [0.1, 0.15) is 11.6 Å². The average molecular weight is 436 g/mol. The maximum absolute atomic E-state index is 10.6. The van der Waals surface area contributed by atoms with E-state index in [1.807, 2.05) is 30.6 Å². The molecule has 1 aliphatic rings. The summed E-state index contributed by atoms with van der Waals surface area (Å²) >= 11 is 0. The molecule has 164 valence electrons. The predicted molar refractivity (Wildman–Crippen MR) is 102 cm³/mol. The molecule has 0 saturated carbocycles. The average Bonchev–Trinajstić information content (AvgIpc) is 3.11. The van der Waals surface area contributed by atoms with Crippen molar-refractivity contribution in [2.24, 2.45) is 5.92 Å². The number of fused-ring (bicyclic) bond motifs is 1. The molecule has 1 N–H and O–H groups in total. The van der Waals surface area contributed by atoms with Crippen LogP contribution in [0.25, 0.3) is 0 Å². The van der Waals surface area contributed by atoms with Crippen molar-refractivity contribution in [3.8, 4) is 5.75 Å². The second-order valence-electron chi connectivity index (χ2n) is 6.59. The highest BCUT2D eigenvalue weighted by molar-refractivity contribution is 5.73. The van der Waals surface area contributed by atoms with Gasteiger partial charge in [-0.1, -0.05) is 0 Å². The Kier molecular flexibility index (Phi) is 7.00. The standard InChI is InChI=1S/C17H18N6O.C2HF3O2/c1-3-15(9-18-4-1)24-13-14-10-22-8-7-19-16(22)12-23(11-14)17-20-5-2-6-21-17;3-2(4,5)1(6)7/h1-9,14H,10-13H2;(H,6,7). The number of carbonyl (C=O) groups is 1. The fourth-order valence-corrected chi connectivity index (χ4v) is 2.90. The number of halogens is 3. The number of aromatic nitrogens is 5. The highest BCUT2D eigenvalue weighted by atomic mass is 19.4. The first-order valence-electron chi connectivity index (χ1n) is 9.18. The molecule has 3 aromatic rings. The molecule has 0 aromatic carbocycles. The van der Waals surface area contributed by atoms with Crippen molar-refractivity contribution in [3.63, 3.8) is 0 Å². The summed E-state index contributed by atoms with van der Waals surface area (Å²) in [5.74, 6) is 0.0683. The molecule has 1 aliphatic heterocycles. The number of hydrogen-bond acceptors (Lipinski definition) is 7. The summed E-state index contributed by atoms with van der Waals surface area (Å²) in [6.45, 7) is 2.97. The molecule has 9 nitrogen and oxygen atoms in total. The van der Waals surface area contributed by atoms with E-state index < -0.39 is 12.1 Å². The number of carboxylic acids is 1. The van der Waals surface area contributed by atoms with Crippen LogP contribution >= 0.6 is 0 Å². The van der Waals surface area contributed by atoms with Crippen molar-refractivity contribution in [2.45, 2.75) is 19.3 Å². The summed E-state index contributed by atoms with van der Waals surface area (Å²) in [4.78, 5) is 28.4. The van der Waals surface area contributed by atoms with Crippen LogP contribution < -0.4 is 9.64 Å². The third-order valence-electron chi connectivity index (χ3n) is 4.27. The summed E-state index contributed by atoms with van der Waals surface area (Å²) in [5.41, 5.74) is 0. The van der Waals surface area contributed by atoms with E-state index in [0.717, 1.165) is 30.6 Å². The first-order chi connectivity index (χ1) is 14.8. The van der Waals surface area contributed by atoms with E-state index in [4.69, 9.17) is 14.6 Å². The van der Waals surface area contributed by atoms with Crippen LogP contribution in [0, 0.1) is 5.92 Å². The Hall–Kier alpha value is -3.70. The largest absolute Gasteiger partial charge is 0.492 e. The van der Waals surface area contributed by atoms with Gasteiger partial charge in [-0.3, -0.25) is 4.98 Å². The predicted octanol–water partition coefficient (Wildman–Crippen LogP) is 2.42. The Morgan fingerprint density at radius 3 is 2.52 bits per heavy atom. The summed E-state index contributed by atoms with van der Waals surface area (Å²) in [6, 6.07) is 5.62. The Labute approximate surface area is 175 Å². The van der Waals surface area contributed by atoms with Gasteiger partial charge in [0.25, 0.3) is 0 Å². The van der Waals surface area contributed by atoms with E-state index in [1.54, 1.807) is 24.8 Å². The fraction of sp³-hybridized carbons (Fsp3) is 0.316. The van der Waals surface area contributed by atoms with Crippen LogP contribution in [0.3, 0.4) is 0 Å². The summed E-state index contributed by atoms with van der Waals surface area (Å²) < 4.78 is 39.8. The van der Waals surface area contributed by atoms with Crippen molar-refractivity contribution >= 4 is 11.9 Å². The molecule has 0 saturated heterocycles. The molecule has 0 amide bonds. The number of aliphatic carboxylic acids is 1. The number of pyridine rings is 1. The number of hydrogen-bond donors (Lipinski definition) is 1. The maximum atomic E-state index is 10.6. The number of carboxylic acid groups (broad SMARTS) is 1. The lowest BCUT2D eigenvalue weighted by Gasteiger charge is -2.23. The van der Waals surface area contributed by atoms with E-state index >= 15 is 0 Å². The molecule has 0 aliphatic carbocycles. The molecule has 0 radical (unpaired) electrons. The smallest absolute Gasteiger partial charge is 0.490 e. The Morgan fingerprint density at radius 2 is 1.87 bits per heavy atom. The number of ether oxygens (including phenoxy) is 1. The highest BCUT2D eigenvalue weighted by Gasteiger charge is 2.38. The molecule has 3 aromatic heterocycles. The quantitative estimate of drug-likeness (QED) is 0.665. The van der Waals surface area contributed by atoms with Gasteiger partial charge in [-0.2, -0.15) is 13.2 Å². The lowest BCUT2D eigenvalue weighted by molar-refractivity contribution is -0.192. The number of rotatable bonds is 4. The van der Waals surface area contributed by atoms with Crippen LogP contribution in [0.5, 0.6) is 5.75 Å². The van der Waals surface area contributed by atoms with Gasteiger partial charge >= 0.3 is 12.1 Å². The number of alkyl halides is 3. The first-order valence-corrected chi connectivity index (χ1v) is 9.18. The zero-order chi connectivity index (χ0) is 22.3. The van der Waals surface area contributed by atoms with Gasteiger partial charge in [-0.15, -0.1) is 0 Å². The Bertz CT molecular complexity index is 969. The minimum atomic E-state index is -5.08. The molecule has 0 fully saturated rings. The summed E-state index contributed by atoms with van der Waals surface area (Å²) in [6.07, 6.45) is 5.77. The van der Waals surface area contributed by atoms with Crippen molar-refractivity contribution in [1.29, 1.82) is 0 Å². The van der Waals surface area contributed by atoms with Crippen LogP contribution in [0.1, 0.15) is 5.82 Å². The minimum Gasteiger partial charge on any atom is -0.492 e. The lowest BCUT2D eigenvalue weighted by Crippen LogP contribution is -2.32. The van der Waals surface area contributed by atoms with Crippen molar-refractivity contribution < 1.29 is 27.8 Å². The van der Waals surface area contributed by atoms with Gasteiger partial charge < -0.3 is 19.3 Å². The molecular weight excluding hydrogens is 417 g/mol. The first kappa shape index (κ1) is 22.0. The van der Waals surface area contributed by atoms with E-state index in [9.17, 15) is 13.2 Å². The van der Waals surface area contributed by atoms with Crippen LogP contribution in [0.2, 0.25) is 0 Å². The van der Waals surface area contributed by atoms with Crippen LogP contribution in [0.4, 0.5) is 19.1 Å². The number of anilines is 1. The molecule has 0 spiro atoms. The van der Waals surface area contributed by atoms with Crippen LogP contribution in [-0.4, -0.2) is 54.9 Å². The molecule has 1 atom stereocenters. The third kappa shape index (κ3) is 6.39. The second kappa shape index (κ2) is 9.87. The van der Waals surface area contributed by atoms with Crippen molar-refractivity contribution in [2.75, 3.05) is 18.1 Å². The molecule has 4 heterocycles. The normalized spacial score (nSPS) is 15.8. The molecule has 4 rings (SSSR count). The van der Waals surface area contributed by atoms with E-state index in [0.29, 0.717) is 19.1 Å². The van der Waals surface area contributed by atoms with E-state index in [-0.39, 0.29) is 0 Å². The molecule has 0 bridgehead atoms. The molecule has 1 unspecified atom stereocenters. The van der Waals surface area contributed by atoms with Gasteiger partial charge in [0.2, 0.25) is 5.95 Å². The third-order valence-corrected chi connectivity index (χ3v) is 4.27. The number of nitrogens with zero attached hydrogens (tertiary/aromatic N) is 6. The van der Waals surface area contributed by atoms with Crippen LogP contribution in [-0.2, 0) is 17.9 Å². The van der Waals surface area contributed by atoms with Gasteiger partial charge in [0.15, 0.2) is 0 Å².